The zero-order chi connectivity index (χ0) is 17.1. The summed E-state index contributed by atoms with van der Waals surface area (Å²) in [4.78, 5) is 18.6. The normalized spacial score (nSPS) is 21.0. The van der Waals surface area contributed by atoms with Crippen LogP contribution < -0.4 is 5.32 Å². The average Bonchev–Trinajstić information content (AvgIpc) is 3.42. The molecule has 7 heteroatoms. The molecule has 134 valence electrons. The number of aromatic nitrogens is 2. The molecule has 0 radical (unpaired) electrons. The summed E-state index contributed by atoms with van der Waals surface area (Å²) >= 11 is 1.52. The van der Waals surface area contributed by atoms with Crippen molar-refractivity contribution in [1.82, 2.24) is 15.5 Å². The van der Waals surface area contributed by atoms with Gasteiger partial charge in [-0.25, -0.2) is 0 Å². The van der Waals surface area contributed by atoms with E-state index in [9.17, 15) is 4.79 Å². The van der Waals surface area contributed by atoms with E-state index < -0.39 is 0 Å². The van der Waals surface area contributed by atoms with E-state index in [0.29, 0.717) is 24.7 Å². The van der Waals surface area contributed by atoms with Crippen LogP contribution in [0.2, 0.25) is 0 Å². The van der Waals surface area contributed by atoms with E-state index in [1.165, 1.54) is 24.2 Å². The van der Waals surface area contributed by atoms with E-state index in [4.69, 9.17) is 9.26 Å². The zero-order valence-corrected chi connectivity index (χ0v) is 15.0. The molecule has 1 saturated heterocycles. The smallest absolute Gasteiger partial charge is 0.261 e. The van der Waals surface area contributed by atoms with Crippen molar-refractivity contribution < 1.29 is 14.1 Å². The molecule has 6 nitrogen and oxygen atoms in total. The van der Waals surface area contributed by atoms with E-state index in [-0.39, 0.29) is 12.0 Å². The SMILES string of the molecule is O=C(NCCc1noc(C2CCCC2)n1)c1ccc([C@H]2CCCO2)s1. The Morgan fingerprint density at radius 3 is 2.92 bits per heavy atom. The maximum atomic E-state index is 12.3. The Bertz CT molecular complexity index is 715. The number of nitrogens with one attached hydrogen (secondary N) is 1. The summed E-state index contributed by atoms with van der Waals surface area (Å²) in [6.45, 7) is 1.33. The van der Waals surface area contributed by atoms with Gasteiger partial charge in [0.1, 0.15) is 0 Å². The zero-order valence-electron chi connectivity index (χ0n) is 14.2. The van der Waals surface area contributed by atoms with Gasteiger partial charge in [0, 0.05) is 30.4 Å². The summed E-state index contributed by atoms with van der Waals surface area (Å²) in [5.74, 6) is 1.82. The van der Waals surface area contributed by atoms with E-state index in [0.717, 1.165) is 47.9 Å². The standard InChI is InChI=1S/C18H23N3O3S/c22-17(15-8-7-14(25-15)13-6-3-11-23-13)19-10-9-16-20-18(24-21-16)12-4-1-2-5-12/h7-8,12-13H,1-6,9-11H2,(H,19,22)/t13-/m1/s1. The number of rotatable bonds is 6. The number of amides is 1. The second-order valence-corrected chi connectivity index (χ2v) is 7.86. The fourth-order valence-electron chi connectivity index (χ4n) is 3.53. The first-order valence-electron chi connectivity index (χ1n) is 9.11. The number of carbonyl (C=O) groups is 1. The Labute approximate surface area is 151 Å². The van der Waals surface area contributed by atoms with Crippen LogP contribution in [0.1, 0.15) is 76.8 Å². The highest BCUT2D eigenvalue weighted by Crippen LogP contribution is 2.34. The lowest BCUT2D eigenvalue weighted by Gasteiger charge is -2.05. The van der Waals surface area contributed by atoms with Gasteiger partial charge in [-0.1, -0.05) is 18.0 Å². The third kappa shape index (κ3) is 3.93. The molecule has 2 aromatic rings. The number of hydrogen-bond donors (Lipinski definition) is 1. The van der Waals surface area contributed by atoms with Gasteiger partial charge >= 0.3 is 0 Å². The highest BCUT2D eigenvalue weighted by Gasteiger charge is 2.23. The minimum absolute atomic E-state index is 0.0474. The third-order valence-corrected chi connectivity index (χ3v) is 6.10. The maximum absolute atomic E-state index is 12.3. The van der Waals surface area contributed by atoms with Crippen LogP contribution in [0.4, 0.5) is 0 Å². The molecular weight excluding hydrogens is 338 g/mol. The van der Waals surface area contributed by atoms with E-state index in [1.54, 1.807) is 0 Å². The molecule has 0 aromatic carbocycles. The van der Waals surface area contributed by atoms with E-state index in [1.807, 2.05) is 12.1 Å². The van der Waals surface area contributed by atoms with Crippen molar-refractivity contribution in [2.75, 3.05) is 13.2 Å². The van der Waals surface area contributed by atoms with Gasteiger partial charge in [-0.15, -0.1) is 11.3 Å². The molecule has 2 aromatic heterocycles. The van der Waals surface area contributed by atoms with Crippen LogP contribution in [-0.2, 0) is 11.2 Å². The van der Waals surface area contributed by atoms with Gasteiger partial charge in [0.05, 0.1) is 11.0 Å². The lowest BCUT2D eigenvalue weighted by atomic mass is 10.1. The second-order valence-electron chi connectivity index (χ2n) is 6.74. The van der Waals surface area contributed by atoms with Gasteiger partial charge in [-0.3, -0.25) is 4.79 Å². The van der Waals surface area contributed by atoms with Gasteiger partial charge in [0.25, 0.3) is 5.91 Å². The molecule has 0 spiro atoms. The summed E-state index contributed by atoms with van der Waals surface area (Å²) in [5, 5.41) is 6.97. The Balaban J connectivity index is 1.26. The van der Waals surface area contributed by atoms with Gasteiger partial charge in [0.2, 0.25) is 5.89 Å². The van der Waals surface area contributed by atoms with Crippen LogP contribution in [0.25, 0.3) is 0 Å². The van der Waals surface area contributed by atoms with Crippen molar-refractivity contribution in [2.24, 2.45) is 0 Å². The molecule has 0 bridgehead atoms. The monoisotopic (exact) mass is 361 g/mol. The topological polar surface area (TPSA) is 77.3 Å². The van der Waals surface area contributed by atoms with Crippen molar-refractivity contribution in [3.8, 4) is 0 Å². The molecule has 1 atom stereocenters. The summed E-state index contributed by atoms with van der Waals surface area (Å²) in [5.41, 5.74) is 0. The van der Waals surface area contributed by atoms with Gasteiger partial charge < -0.3 is 14.6 Å². The van der Waals surface area contributed by atoms with Crippen LogP contribution in [0.15, 0.2) is 16.7 Å². The molecule has 2 fully saturated rings. The summed E-state index contributed by atoms with van der Waals surface area (Å²) < 4.78 is 11.0. The lowest BCUT2D eigenvalue weighted by molar-refractivity contribution is 0.0958. The number of ether oxygens (including phenoxy) is 1. The molecular formula is C18H23N3O3S. The first-order chi connectivity index (χ1) is 12.3. The molecule has 2 aliphatic rings. The third-order valence-electron chi connectivity index (χ3n) is 4.92. The first-order valence-corrected chi connectivity index (χ1v) is 9.93. The number of nitrogens with zero attached hydrogens (tertiary/aromatic N) is 2. The average molecular weight is 361 g/mol. The lowest BCUT2D eigenvalue weighted by Crippen LogP contribution is -2.25. The van der Waals surface area contributed by atoms with Gasteiger partial charge in [-0.2, -0.15) is 4.98 Å². The summed E-state index contributed by atoms with van der Waals surface area (Å²) in [6.07, 6.45) is 7.67. The van der Waals surface area contributed by atoms with Crippen LogP contribution in [0, 0.1) is 0 Å². The van der Waals surface area contributed by atoms with E-state index in [2.05, 4.69) is 15.5 Å². The highest BCUT2D eigenvalue weighted by atomic mass is 32.1. The van der Waals surface area contributed by atoms with Crippen molar-refractivity contribution in [3.63, 3.8) is 0 Å². The van der Waals surface area contributed by atoms with Crippen molar-refractivity contribution in [2.45, 2.75) is 57.0 Å². The molecule has 1 aliphatic carbocycles. The Hall–Kier alpha value is -1.73. The van der Waals surface area contributed by atoms with Crippen LogP contribution in [0.3, 0.4) is 0 Å². The molecule has 3 heterocycles. The largest absolute Gasteiger partial charge is 0.373 e. The van der Waals surface area contributed by atoms with Crippen molar-refractivity contribution in [3.05, 3.63) is 33.6 Å². The molecule has 1 N–H and O–H groups in total. The van der Waals surface area contributed by atoms with Crippen LogP contribution in [-0.4, -0.2) is 29.2 Å². The predicted octanol–water partition coefficient (Wildman–Crippen LogP) is 3.61. The fraction of sp³-hybridized carbons (Fsp3) is 0.611. The van der Waals surface area contributed by atoms with Crippen molar-refractivity contribution in [1.29, 1.82) is 0 Å². The van der Waals surface area contributed by atoms with Crippen LogP contribution in [0.5, 0.6) is 0 Å². The molecule has 4 rings (SSSR count). The van der Waals surface area contributed by atoms with E-state index >= 15 is 0 Å². The maximum Gasteiger partial charge on any atom is 0.261 e. The molecule has 25 heavy (non-hydrogen) atoms. The number of carbonyl (C=O) groups excluding carboxylic acids is 1. The minimum Gasteiger partial charge on any atom is -0.373 e. The van der Waals surface area contributed by atoms with Gasteiger partial charge in [-0.05, 0) is 37.8 Å². The predicted molar refractivity (Wildman–Crippen MR) is 93.8 cm³/mol. The highest BCUT2D eigenvalue weighted by molar-refractivity contribution is 7.14. The fourth-order valence-corrected chi connectivity index (χ4v) is 4.54. The molecule has 1 aliphatic heterocycles. The Morgan fingerprint density at radius 1 is 1.24 bits per heavy atom. The molecule has 1 saturated carbocycles. The molecule has 0 unspecified atom stereocenters. The second kappa shape index (κ2) is 7.66. The van der Waals surface area contributed by atoms with Crippen LogP contribution >= 0.6 is 11.3 Å². The van der Waals surface area contributed by atoms with Gasteiger partial charge in [0.15, 0.2) is 5.82 Å². The van der Waals surface area contributed by atoms with Crippen molar-refractivity contribution >= 4 is 17.2 Å². The Morgan fingerprint density at radius 2 is 2.12 bits per heavy atom. The minimum atomic E-state index is -0.0474. The summed E-state index contributed by atoms with van der Waals surface area (Å²) in [7, 11) is 0. The molecule has 1 amide bonds. The number of thiophene rings is 1. The number of hydrogen-bond acceptors (Lipinski definition) is 6. The summed E-state index contributed by atoms with van der Waals surface area (Å²) in [6, 6.07) is 3.88. The first kappa shape index (κ1) is 16.7. The quantitative estimate of drug-likeness (QED) is 0.850. The Kier molecular flexibility index (Phi) is 5.12.